The summed E-state index contributed by atoms with van der Waals surface area (Å²) in [7, 11) is 1.53. The van der Waals surface area contributed by atoms with E-state index in [0.29, 0.717) is 23.5 Å². The molecular formula is C24H28N2O5. The lowest BCUT2D eigenvalue weighted by Crippen LogP contribution is -2.32. The molecule has 1 aliphatic rings. The molecule has 0 radical (unpaired) electrons. The fourth-order valence-electron chi connectivity index (χ4n) is 3.66. The smallest absolute Gasteiger partial charge is 0.295 e. The van der Waals surface area contributed by atoms with Crippen molar-refractivity contribution in [2.24, 2.45) is 0 Å². The number of carbonyl (C=O) groups is 2. The van der Waals surface area contributed by atoms with Gasteiger partial charge in [-0.2, -0.15) is 0 Å². The first kappa shape index (κ1) is 22.5. The first-order chi connectivity index (χ1) is 15.0. The van der Waals surface area contributed by atoms with Crippen LogP contribution < -0.4 is 4.74 Å². The van der Waals surface area contributed by atoms with Crippen LogP contribution in [0.25, 0.3) is 5.76 Å². The van der Waals surface area contributed by atoms with E-state index in [1.165, 1.54) is 12.0 Å². The molecule has 7 heteroatoms. The predicted molar refractivity (Wildman–Crippen MR) is 117 cm³/mol. The monoisotopic (exact) mass is 424 g/mol. The zero-order valence-corrected chi connectivity index (χ0v) is 18.1. The van der Waals surface area contributed by atoms with Crippen LogP contribution in [0.2, 0.25) is 0 Å². The van der Waals surface area contributed by atoms with Crippen molar-refractivity contribution in [1.82, 2.24) is 9.88 Å². The van der Waals surface area contributed by atoms with E-state index in [-0.39, 0.29) is 24.5 Å². The molecule has 0 unspecified atom stereocenters. The molecule has 2 aromatic rings. The number of benzene rings is 1. The number of aliphatic hydroxyl groups excluding tert-OH is 1. The molecule has 1 atom stereocenters. The molecule has 1 fully saturated rings. The number of aryl methyl sites for hydroxylation is 1. The molecule has 0 bridgehead atoms. The zero-order valence-electron chi connectivity index (χ0n) is 18.1. The summed E-state index contributed by atoms with van der Waals surface area (Å²) in [6.07, 6.45) is 5.19. The van der Waals surface area contributed by atoms with Crippen molar-refractivity contribution in [3.63, 3.8) is 0 Å². The van der Waals surface area contributed by atoms with Gasteiger partial charge in [0, 0.05) is 31.6 Å². The van der Waals surface area contributed by atoms with Gasteiger partial charge in [0.25, 0.3) is 11.7 Å². The van der Waals surface area contributed by atoms with Crippen molar-refractivity contribution in [3.05, 3.63) is 65.0 Å². The summed E-state index contributed by atoms with van der Waals surface area (Å²) in [5.74, 6) is -0.859. The van der Waals surface area contributed by atoms with Crippen LogP contribution in [-0.2, 0) is 14.3 Å². The molecule has 1 aromatic carbocycles. The maximum absolute atomic E-state index is 12.9. The number of methoxy groups -OCH3 is 1. The van der Waals surface area contributed by atoms with Gasteiger partial charge in [-0.1, -0.05) is 13.3 Å². The van der Waals surface area contributed by atoms with Crippen LogP contribution >= 0.6 is 0 Å². The van der Waals surface area contributed by atoms with Gasteiger partial charge >= 0.3 is 0 Å². The molecular weight excluding hydrogens is 396 g/mol. The average molecular weight is 424 g/mol. The Hall–Kier alpha value is -3.19. The fraction of sp³-hybridized carbons (Fsp3) is 0.375. The quantitative estimate of drug-likeness (QED) is 0.286. The van der Waals surface area contributed by atoms with Crippen LogP contribution in [-0.4, -0.2) is 53.5 Å². The number of aromatic nitrogens is 1. The third-order valence-electron chi connectivity index (χ3n) is 5.32. The second-order valence-electron chi connectivity index (χ2n) is 7.44. The highest BCUT2D eigenvalue weighted by Gasteiger charge is 2.45. The summed E-state index contributed by atoms with van der Waals surface area (Å²) in [6.45, 7) is 5.06. The number of ether oxygens (including phenoxy) is 2. The third kappa shape index (κ3) is 4.77. The van der Waals surface area contributed by atoms with Gasteiger partial charge in [-0.15, -0.1) is 0 Å². The van der Waals surface area contributed by atoms with Crippen LogP contribution in [0.15, 0.2) is 48.3 Å². The summed E-state index contributed by atoms with van der Waals surface area (Å²) < 4.78 is 10.8. The second-order valence-corrected chi connectivity index (χ2v) is 7.44. The summed E-state index contributed by atoms with van der Waals surface area (Å²) in [5.41, 5.74) is 2.01. The van der Waals surface area contributed by atoms with Crippen molar-refractivity contribution < 1.29 is 24.2 Å². The van der Waals surface area contributed by atoms with E-state index in [4.69, 9.17) is 9.47 Å². The summed E-state index contributed by atoms with van der Waals surface area (Å²) in [5, 5.41) is 11.2. The molecule has 1 aromatic heterocycles. The Kier molecular flexibility index (Phi) is 7.41. The van der Waals surface area contributed by atoms with Gasteiger partial charge in [0.15, 0.2) is 0 Å². The van der Waals surface area contributed by atoms with Crippen LogP contribution in [0.1, 0.15) is 42.5 Å². The van der Waals surface area contributed by atoms with Gasteiger partial charge in [-0.3, -0.25) is 14.6 Å². The molecule has 164 valence electrons. The van der Waals surface area contributed by atoms with Gasteiger partial charge in [0.1, 0.15) is 11.5 Å². The number of rotatable bonds is 9. The van der Waals surface area contributed by atoms with E-state index in [1.807, 2.05) is 13.0 Å². The van der Waals surface area contributed by atoms with Crippen LogP contribution in [0.4, 0.5) is 0 Å². The third-order valence-corrected chi connectivity index (χ3v) is 5.32. The average Bonchev–Trinajstić information content (AvgIpc) is 3.03. The minimum absolute atomic E-state index is 0.0649. The number of unbranched alkanes of at least 4 members (excludes halogenated alkanes) is 1. The minimum atomic E-state index is -0.710. The largest absolute Gasteiger partial charge is 0.507 e. The van der Waals surface area contributed by atoms with Crippen LogP contribution in [0.5, 0.6) is 5.75 Å². The Morgan fingerprint density at radius 3 is 2.55 bits per heavy atom. The lowest BCUT2D eigenvalue weighted by molar-refractivity contribution is -0.140. The van der Waals surface area contributed by atoms with Gasteiger partial charge in [0.2, 0.25) is 0 Å². The van der Waals surface area contributed by atoms with Gasteiger partial charge < -0.3 is 19.5 Å². The zero-order chi connectivity index (χ0) is 22.4. The number of carbonyl (C=O) groups excluding carboxylic acids is 2. The Morgan fingerprint density at radius 2 is 1.90 bits per heavy atom. The summed E-state index contributed by atoms with van der Waals surface area (Å²) in [4.78, 5) is 31.2. The van der Waals surface area contributed by atoms with Gasteiger partial charge in [-0.25, -0.2) is 0 Å². The Balaban J connectivity index is 2.04. The first-order valence-electron chi connectivity index (χ1n) is 10.4. The van der Waals surface area contributed by atoms with E-state index < -0.39 is 17.7 Å². The molecule has 1 aliphatic heterocycles. The Morgan fingerprint density at radius 1 is 1.16 bits per heavy atom. The fourth-order valence-corrected chi connectivity index (χ4v) is 3.66. The molecule has 2 heterocycles. The lowest BCUT2D eigenvalue weighted by atomic mass is 9.94. The molecule has 0 saturated carbocycles. The minimum Gasteiger partial charge on any atom is -0.507 e. The first-order valence-corrected chi connectivity index (χ1v) is 10.4. The highest BCUT2D eigenvalue weighted by Crippen LogP contribution is 2.39. The van der Waals surface area contributed by atoms with E-state index in [0.717, 1.165) is 18.4 Å². The summed E-state index contributed by atoms with van der Waals surface area (Å²) in [6, 6.07) is 8.08. The Labute approximate surface area is 182 Å². The van der Waals surface area contributed by atoms with E-state index in [9.17, 15) is 14.7 Å². The highest BCUT2D eigenvalue weighted by atomic mass is 16.5. The number of hydrogen-bond acceptors (Lipinski definition) is 6. The van der Waals surface area contributed by atoms with Gasteiger partial charge in [-0.05, 0) is 54.8 Å². The number of likely N-dealkylation sites (tertiary alicyclic amines) is 1. The SMILES string of the molecule is CCCCOc1ccc(/C(O)=C2\C(=O)C(=O)N(CCOC)[C@H]2c2ccncc2)c(C)c1. The molecule has 7 nitrogen and oxygen atoms in total. The maximum Gasteiger partial charge on any atom is 0.295 e. The normalized spacial score (nSPS) is 17.9. The van der Waals surface area contributed by atoms with Crippen molar-refractivity contribution >= 4 is 17.4 Å². The number of ketones is 1. The second kappa shape index (κ2) is 10.2. The standard InChI is InChI=1S/C24H28N2O5/c1-4-5-13-31-18-6-7-19(16(2)15-18)22(27)20-21(17-8-10-25-11-9-17)26(12-14-30-3)24(29)23(20)28/h6-11,15,21,27H,4-5,12-14H2,1-3H3/b22-20+/t21-/m0/s1. The molecule has 31 heavy (non-hydrogen) atoms. The lowest BCUT2D eigenvalue weighted by Gasteiger charge is -2.25. The van der Waals surface area contributed by atoms with Crippen LogP contribution in [0, 0.1) is 6.92 Å². The maximum atomic E-state index is 12.9. The number of Topliss-reactive ketones (excluding diaryl/α,β-unsaturated/α-hetero) is 1. The Bertz CT molecular complexity index is 971. The molecule has 1 amide bonds. The molecule has 0 spiro atoms. The van der Waals surface area contributed by atoms with E-state index >= 15 is 0 Å². The summed E-state index contributed by atoms with van der Waals surface area (Å²) >= 11 is 0. The topological polar surface area (TPSA) is 89.0 Å². The number of pyridine rings is 1. The van der Waals surface area contributed by atoms with E-state index in [2.05, 4.69) is 11.9 Å². The van der Waals surface area contributed by atoms with Crippen molar-refractivity contribution in [2.75, 3.05) is 26.9 Å². The number of hydrogen-bond donors (Lipinski definition) is 1. The number of aliphatic hydroxyl groups is 1. The van der Waals surface area contributed by atoms with E-state index in [1.54, 1.807) is 36.7 Å². The molecule has 1 N–H and O–H groups in total. The van der Waals surface area contributed by atoms with Gasteiger partial charge in [0.05, 0.1) is 24.8 Å². The number of nitrogens with zero attached hydrogens (tertiary/aromatic N) is 2. The highest BCUT2D eigenvalue weighted by molar-refractivity contribution is 6.46. The number of amides is 1. The van der Waals surface area contributed by atoms with Crippen molar-refractivity contribution in [1.29, 1.82) is 0 Å². The predicted octanol–water partition coefficient (Wildman–Crippen LogP) is 3.64. The molecule has 1 saturated heterocycles. The van der Waals surface area contributed by atoms with Crippen molar-refractivity contribution in [3.8, 4) is 5.75 Å². The van der Waals surface area contributed by atoms with Crippen LogP contribution in [0.3, 0.4) is 0 Å². The van der Waals surface area contributed by atoms with Crippen molar-refractivity contribution in [2.45, 2.75) is 32.7 Å². The molecule has 0 aliphatic carbocycles. The molecule has 3 rings (SSSR count).